The average Bonchev–Trinajstić information content (AvgIpc) is 3.21. The summed E-state index contributed by atoms with van der Waals surface area (Å²) in [5.74, 6) is 0.528. The summed E-state index contributed by atoms with van der Waals surface area (Å²) in [6.07, 6.45) is 10.8. The van der Waals surface area contributed by atoms with Crippen LogP contribution in [0.1, 0.15) is 79.8 Å². The van der Waals surface area contributed by atoms with Gasteiger partial charge in [-0.05, 0) is 107 Å². The van der Waals surface area contributed by atoms with Crippen LogP contribution in [0.15, 0.2) is 169 Å². The maximum Gasteiger partial charge on any atom is 0.0249 e. The molecule has 8 rings (SSSR count). The van der Waals surface area contributed by atoms with Gasteiger partial charge in [0.2, 0.25) is 0 Å². The second kappa shape index (κ2) is 16.2. The molecule has 0 aromatic heterocycles. The summed E-state index contributed by atoms with van der Waals surface area (Å²) in [7, 11) is -1.66. The molecule has 0 N–H and O–H groups in total. The van der Waals surface area contributed by atoms with Crippen LogP contribution in [0.4, 0.5) is 0 Å². The van der Waals surface area contributed by atoms with E-state index in [9.17, 15) is 0 Å². The topological polar surface area (TPSA) is 0 Å². The molecule has 0 nitrogen and oxygen atoms in total. The highest BCUT2D eigenvalue weighted by Crippen LogP contribution is 2.66. The van der Waals surface area contributed by atoms with Gasteiger partial charge in [-0.3, -0.25) is 0 Å². The van der Waals surface area contributed by atoms with Gasteiger partial charge in [-0.15, -0.1) is 0 Å². The van der Waals surface area contributed by atoms with Gasteiger partial charge in [-0.25, -0.2) is 0 Å². The van der Waals surface area contributed by atoms with Crippen molar-refractivity contribution in [3.8, 4) is 0 Å². The van der Waals surface area contributed by atoms with Crippen molar-refractivity contribution in [1.82, 2.24) is 0 Å². The predicted molar refractivity (Wildman–Crippen MR) is 239 cm³/mol. The number of rotatable bonds is 11. The first-order valence-electron chi connectivity index (χ1n) is 20.0. The third-order valence-electron chi connectivity index (χ3n) is 11.6. The normalized spacial score (nSPS) is 19.2. The molecule has 0 heterocycles. The van der Waals surface area contributed by atoms with Crippen molar-refractivity contribution in [1.29, 1.82) is 0 Å². The Labute approximate surface area is 326 Å². The van der Waals surface area contributed by atoms with Crippen molar-refractivity contribution in [2.75, 3.05) is 0 Å². The highest BCUT2D eigenvalue weighted by atomic mass is 31.1. The van der Waals surface area contributed by atoms with Crippen molar-refractivity contribution in [3.63, 3.8) is 0 Å². The van der Waals surface area contributed by atoms with Gasteiger partial charge in [-0.1, -0.05) is 210 Å². The summed E-state index contributed by atoms with van der Waals surface area (Å²) < 4.78 is 0. The molecule has 0 bridgehead atoms. The summed E-state index contributed by atoms with van der Waals surface area (Å²) in [5, 5.41) is 7.17. The van der Waals surface area contributed by atoms with Crippen LogP contribution in [0.5, 0.6) is 0 Å². The van der Waals surface area contributed by atoms with Gasteiger partial charge >= 0.3 is 0 Å². The molecular weight excluding hydrogens is 687 g/mol. The number of hydrogen-bond donors (Lipinski definition) is 0. The highest BCUT2D eigenvalue weighted by molar-refractivity contribution is 7.77. The molecule has 0 amide bonds. The number of hydrogen-bond acceptors (Lipinski definition) is 0. The Balaban J connectivity index is 1.53. The fourth-order valence-electron chi connectivity index (χ4n) is 9.41. The molecule has 0 spiro atoms. The van der Waals surface area contributed by atoms with E-state index in [-0.39, 0.29) is 11.1 Å². The molecule has 0 fully saturated rings. The third-order valence-corrected chi connectivity index (χ3v) is 17.4. The van der Waals surface area contributed by atoms with Gasteiger partial charge < -0.3 is 0 Å². The minimum Gasteiger partial charge on any atom is -0.0721 e. The fourth-order valence-corrected chi connectivity index (χ4v) is 15.3. The minimum absolute atomic E-state index is 0.145. The van der Waals surface area contributed by atoms with Gasteiger partial charge in [0.1, 0.15) is 0 Å². The monoisotopic (exact) mass is 738 g/mol. The summed E-state index contributed by atoms with van der Waals surface area (Å²) >= 11 is 0. The molecule has 0 saturated carbocycles. The Hall–Kier alpha value is -4.34. The van der Waals surface area contributed by atoms with Gasteiger partial charge in [0.15, 0.2) is 0 Å². The zero-order valence-electron chi connectivity index (χ0n) is 32.3. The Bertz CT molecular complexity index is 2180. The molecule has 0 saturated heterocycles. The molecular formula is C52H52P2. The van der Waals surface area contributed by atoms with Crippen molar-refractivity contribution in [2.24, 2.45) is 5.92 Å². The van der Waals surface area contributed by atoms with Crippen LogP contribution in [0.25, 0.3) is 11.6 Å². The highest BCUT2D eigenvalue weighted by Gasteiger charge is 2.49. The SMILES string of the molecule is CCCc1cccc2c1C=CC(C)(P(c1ccccc1)c1ccccc1)C2C1=C(P(c2ccccc2)c2ccccc2)C(C)Cc2c(CCC)cccc21. The molecule has 2 aliphatic carbocycles. The zero-order valence-corrected chi connectivity index (χ0v) is 34.0. The van der Waals surface area contributed by atoms with E-state index in [2.05, 4.69) is 198 Å². The molecule has 3 unspecified atom stereocenters. The molecule has 2 heteroatoms. The van der Waals surface area contributed by atoms with Crippen molar-refractivity contribution < 1.29 is 0 Å². The first-order valence-corrected chi connectivity index (χ1v) is 22.7. The number of benzene rings is 6. The maximum atomic E-state index is 2.66. The average molecular weight is 739 g/mol. The van der Waals surface area contributed by atoms with E-state index in [0.717, 1.165) is 32.1 Å². The summed E-state index contributed by atoms with van der Waals surface area (Å²) in [4.78, 5) is 0. The quantitative estimate of drug-likeness (QED) is 0.116. The predicted octanol–water partition coefficient (Wildman–Crippen LogP) is 12.3. The first-order chi connectivity index (χ1) is 26.5. The van der Waals surface area contributed by atoms with E-state index in [1.165, 1.54) is 49.0 Å². The smallest absolute Gasteiger partial charge is 0.0249 e. The maximum absolute atomic E-state index is 2.66. The van der Waals surface area contributed by atoms with Gasteiger partial charge in [0.25, 0.3) is 0 Å². The first kappa shape index (κ1) is 36.6. The molecule has 6 aromatic carbocycles. The Morgan fingerprint density at radius 1 is 0.574 bits per heavy atom. The second-order valence-electron chi connectivity index (χ2n) is 15.3. The number of fused-ring (bicyclic) bond motifs is 2. The minimum atomic E-state index is -0.836. The lowest BCUT2D eigenvalue weighted by Gasteiger charge is -2.49. The fraction of sp³-hybridized carbons (Fsp3) is 0.231. The lowest BCUT2D eigenvalue weighted by Crippen LogP contribution is -2.40. The number of aryl methyl sites for hydroxylation is 2. The van der Waals surface area contributed by atoms with Crippen molar-refractivity contribution in [3.05, 3.63) is 202 Å². The van der Waals surface area contributed by atoms with Gasteiger partial charge in [0.05, 0.1) is 0 Å². The van der Waals surface area contributed by atoms with Crippen LogP contribution in [-0.2, 0) is 19.3 Å². The van der Waals surface area contributed by atoms with Crippen LogP contribution in [0.2, 0.25) is 0 Å². The summed E-state index contributed by atoms with van der Waals surface area (Å²) in [6.45, 7) is 9.81. The van der Waals surface area contributed by atoms with E-state index in [0.29, 0.717) is 5.92 Å². The molecule has 2 aliphatic rings. The Morgan fingerprint density at radius 3 is 1.63 bits per heavy atom. The van der Waals surface area contributed by atoms with Crippen LogP contribution in [0.3, 0.4) is 0 Å². The van der Waals surface area contributed by atoms with Crippen LogP contribution >= 0.6 is 15.8 Å². The summed E-state index contributed by atoms with van der Waals surface area (Å²) in [5.41, 5.74) is 10.6. The standard InChI is InChI=1S/C52H52P2/c1-5-21-39-23-20-34-47-45(39)35-36-52(4,54(43-29-15-9-16-30-43)44-31-17-10-18-32-44)50(47)49-46-33-19-24-40(22-6-2)48(46)37-38(3)51(49)53(41-25-11-7-12-26-41)42-27-13-8-14-28-42/h7-20,23-36,38,50H,5-6,21-22,37H2,1-4H3. The van der Waals surface area contributed by atoms with E-state index in [1.807, 2.05) is 0 Å². The third kappa shape index (κ3) is 6.79. The van der Waals surface area contributed by atoms with Crippen LogP contribution in [-0.4, -0.2) is 5.16 Å². The van der Waals surface area contributed by atoms with Crippen LogP contribution < -0.4 is 21.2 Å². The summed E-state index contributed by atoms with van der Waals surface area (Å²) in [6, 6.07) is 60.4. The molecule has 3 atom stereocenters. The van der Waals surface area contributed by atoms with Crippen LogP contribution in [0, 0.1) is 5.92 Å². The van der Waals surface area contributed by atoms with E-state index < -0.39 is 15.8 Å². The zero-order chi connectivity index (χ0) is 37.1. The van der Waals surface area contributed by atoms with E-state index in [1.54, 1.807) is 16.5 Å². The molecule has 6 aromatic rings. The Morgan fingerprint density at radius 2 is 1.07 bits per heavy atom. The van der Waals surface area contributed by atoms with E-state index in [4.69, 9.17) is 0 Å². The largest absolute Gasteiger partial charge is 0.0721 e. The second-order valence-corrected chi connectivity index (χ2v) is 20.1. The van der Waals surface area contributed by atoms with Crippen molar-refractivity contribution >= 4 is 48.7 Å². The van der Waals surface area contributed by atoms with Gasteiger partial charge in [0, 0.05) is 11.1 Å². The van der Waals surface area contributed by atoms with E-state index >= 15 is 0 Å². The van der Waals surface area contributed by atoms with Crippen molar-refractivity contribution in [2.45, 2.75) is 70.9 Å². The molecule has 0 radical (unpaired) electrons. The molecule has 0 aliphatic heterocycles. The molecule has 270 valence electrons. The number of allylic oxidation sites excluding steroid dienone is 3. The van der Waals surface area contributed by atoms with Gasteiger partial charge in [-0.2, -0.15) is 0 Å². The lowest BCUT2D eigenvalue weighted by atomic mass is 9.68. The molecule has 54 heavy (non-hydrogen) atoms. The lowest BCUT2D eigenvalue weighted by molar-refractivity contribution is 0.648. The Kier molecular flexibility index (Phi) is 11.0.